The second kappa shape index (κ2) is 7.02. The van der Waals surface area contributed by atoms with Crippen LogP contribution in [0.1, 0.15) is 36.7 Å². The normalized spacial score (nSPS) is 22.0. The van der Waals surface area contributed by atoms with Gasteiger partial charge in [-0.3, -0.25) is 4.79 Å². The van der Waals surface area contributed by atoms with E-state index in [2.05, 4.69) is 0 Å². The van der Waals surface area contributed by atoms with Gasteiger partial charge in [-0.15, -0.1) is 0 Å². The average molecular weight is 299 g/mol. The van der Waals surface area contributed by atoms with Crippen LogP contribution in [0.4, 0.5) is 8.78 Å². The molecule has 2 unspecified atom stereocenters. The Kier molecular flexibility index (Phi) is 5.33. The molecule has 0 saturated heterocycles. The van der Waals surface area contributed by atoms with E-state index in [1.165, 1.54) is 10.8 Å². The Morgan fingerprint density at radius 2 is 2.29 bits per heavy atom. The van der Waals surface area contributed by atoms with Crippen molar-refractivity contribution in [1.29, 1.82) is 0 Å². The van der Waals surface area contributed by atoms with E-state index in [4.69, 9.17) is 5.73 Å². The number of hydrogen-bond acceptors (Lipinski definition) is 2. The van der Waals surface area contributed by atoms with Gasteiger partial charge >= 0.3 is 0 Å². The Morgan fingerprint density at radius 1 is 1.52 bits per heavy atom. The van der Waals surface area contributed by atoms with Crippen LogP contribution in [0.5, 0.6) is 0 Å². The van der Waals surface area contributed by atoms with Gasteiger partial charge < -0.3 is 15.2 Å². The molecule has 0 bridgehead atoms. The Labute approximate surface area is 123 Å². The van der Waals surface area contributed by atoms with Crippen molar-refractivity contribution in [2.75, 3.05) is 13.1 Å². The zero-order chi connectivity index (χ0) is 15.4. The highest BCUT2D eigenvalue weighted by Crippen LogP contribution is 2.30. The van der Waals surface area contributed by atoms with Crippen LogP contribution in [0, 0.1) is 5.92 Å². The molecule has 0 aromatic carbocycles. The van der Waals surface area contributed by atoms with Gasteiger partial charge in [-0.1, -0.05) is 6.42 Å². The highest BCUT2D eigenvalue weighted by atomic mass is 19.3. The molecule has 2 rings (SSSR count). The quantitative estimate of drug-likeness (QED) is 0.876. The molecule has 0 radical (unpaired) electrons. The molecule has 1 saturated carbocycles. The summed E-state index contributed by atoms with van der Waals surface area (Å²) in [5.41, 5.74) is 6.12. The fourth-order valence-corrected chi connectivity index (χ4v) is 3.29. The third kappa shape index (κ3) is 3.43. The molecule has 1 aromatic rings. The summed E-state index contributed by atoms with van der Waals surface area (Å²) < 4.78 is 26.5. The van der Waals surface area contributed by atoms with Crippen LogP contribution >= 0.6 is 0 Å². The molecule has 118 valence electrons. The molecule has 1 aliphatic carbocycles. The molecule has 2 atom stereocenters. The number of aromatic nitrogens is 1. The second-order valence-electron chi connectivity index (χ2n) is 5.52. The van der Waals surface area contributed by atoms with E-state index in [0.717, 1.165) is 19.3 Å². The highest BCUT2D eigenvalue weighted by Gasteiger charge is 2.34. The zero-order valence-corrected chi connectivity index (χ0v) is 12.3. The predicted molar refractivity (Wildman–Crippen MR) is 77.3 cm³/mol. The maximum Gasteiger partial charge on any atom is 0.270 e. The first-order valence-electron chi connectivity index (χ1n) is 7.52. The Balaban J connectivity index is 2.18. The lowest BCUT2D eigenvalue weighted by Gasteiger charge is -2.32. The Bertz CT molecular complexity index is 475. The van der Waals surface area contributed by atoms with Crippen molar-refractivity contribution < 1.29 is 13.6 Å². The lowest BCUT2D eigenvalue weighted by molar-refractivity contribution is 0.0632. The molecule has 1 amide bonds. The van der Waals surface area contributed by atoms with E-state index in [9.17, 15) is 13.6 Å². The lowest BCUT2D eigenvalue weighted by atomic mass is 10.0. The summed E-state index contributed by atoms with van der Waals surface area (Å²) >= 11 is 0. The van der Waals surface area contributed by atoms with E-state index in [0.29, 0.717) is 24.7 Å². The number of alkyl halides is 2. The first-order valence-corrected chi connectivity index (χ1v) is 7.52. The summed E-state index contributed by atoms with van der Waals surface area (Å²) in [4.78, 5) is 14.5. The van der Waals surface area contributed by atoms with Gasteiger partial charge in [0.25, 0.3) is 12.3 Å². The van der Waals surface area contributed by atoms with E-state index in [-0.39, 0.29) is 11.9 Å². The minimum absolute atomic E-state index is 0.127. The number of carbonyl (C=O) groups excluding carboxylic acids is 1. The van der Waals surface area contributed by atoms with Gasteiger partial charge in [-0.05, 0) is 44.4 Å². The van der Waals surface area contributed by atoms with E-state index >= 15 is 0 Å². The molecular weight excluding hydrogens is 276 g/mol. The van der Waals surface area contributed by atoms with Crippen LogP contribution in [0.15, 0.2) is 18.3 Å². The van der Waals surface area contributed by atoms with Crippen molar-refractivity contribution in [1.82, 2.24) is 9.47 Å². The zero-order valence-electron chi connectivity index (χ0n) is 12.3. The van der Waals surface area contributed by atoms with Crippen LogP contribution in [0.2, 0.25) is 0 Å². The molecule has 4 nitrogen and oxygen atoms in total. The first kappa shape index (κ1) is 15.9. The minimum atomic E-state index is -2.47. The second-order valence-corrected chi connectivity index (χ2v) is 5.52. The summed E-state index contributed by atoms with van der Waals surface area (Å²) in [7, 11) is 0. The van der Waals surface area contributed by atoms with Crippen molar-refractivity contribution in [3.05, 3.63) is 24.0 Å². The topological polar surface area (TPSA) is 51.3 Å². The summed E-state index contributed by atoms with van der Waals surface area (Å²) in [6.45, 7) is 2.60. The SMILES string of the molecule is CCN(C(=O)c1cccn1CC(F)F)C1CCCC1CN. The number of hydrogen-bond donors (Lipinski definition) is 1. The summed E-state index contributed by atoms with van der Waals surface area (Å²) in [6.07, 6.45) is 2.10. The molecule has 6 heteroatoms. The first-order chi connectivity index (χ1) is 10.1. The summed E-state index contributed by atoms with van der Waals surface area (Å²) in [5.74, 6) is 0.140. The fraction of sp³-hybridized carbons (Fsp3) is 0.667. The fourth-order valence-electron chi connectivity index (χ4n) is 3.29. The van der Waals surface area contributed by atoms with Crippen molar-refractivity contribution >= 4 is 5.91 Å². The third-order valence-corrected chi connectivity index (χ3v) is 4.31. The number of halogens is 2. The lowest BCUT2D eigenvalue weighted by Crippen LogP contribution is -2.44. The van der Waals surface area contributed by atoms with Crippen LogP contribution in [-0.4, -0.2) is 40.9 Å². The van der Waals surface area contributed by atoms with E-state index in [1.807, 2.05) is 6.92 Å². The molecule has 0 aliphatic heterocycles. The van der Waals surface area contributed by atoms with Crippen molar-refractivity contribution in [3.8, 4) is 0 Å². The molecule has 1 aliphatic rings. The van der Waals surface area contributed by atoms with Gasteiger partial charge in [0.05, 0.1) is 6.54 Å². The minimum Gasteiger partial charge on any atom is -0.338 e. The molecule has 0 spiro atoms. The average Bonchev–Trinajstić information content (AvgIpc) is 3.07. The largest absolute Gasteiger partial charge is 0.338 e. The van der Waals surface area contributed by atoms with Gasteiger partial charge in [-0.2, -0.15) is 0 Å². The van der Waals surface area contributed by atoms with Gasteiger partial charge in [0.1, 0.15) is 5.69 Å². The number of carbonyl (C=O) groups is 1. The summed E-state index contributed by atoms with van der Waals surface area (Å²) in [5, 5.41) is 0. The van der Waals surface area contributed by atoms with Crippen LogP contribution in [-0.2, 0) is 6.54 Å². The number of nitrogens with two attached hydrogens (primary N) is 1. The molecular formula is C15H23F2N3O. The Hall–Kier alpha value is -1.43. The van der Waals surface area contributed by atoms with Crippen LogP contribution in [0.25, 0.3) is 0 Å². The smallest absolute Gasteiger partial charge is 0.270 e. The molecule has 1 heterocycles. The van der Waals surface area contributed by atoms with Crippen molar-refractivity contribution in [2.24, 2.45) is 11.7 Å². The van der Waals surface area contributed by atoms with Gasteiger partial charge in [0, 0.05) is 18.8 Å². The van der Waals surface area contributed by atoms with E-state index < -0.39 is 13.0 Å². The number of rotatable bonds is 6. The van der Waals surface area contributed by atoms with Gasteiger partial charge in [0.2, 0.25) is 0 Å². The monoisotopic (exact) mass is 299 g/mol. The maximum absolute atomic E-state index is 12.7. The standard InChI is InChI=1S/C15H23F2N3O/c1-2-20(12-6-3-5-11(12)9-18)15(21)13-7-4-8-19(13)10-14(16)17/h4,7-8,11-12,14H,2-3,5-6,9-10,18H2,1H3. The van der Waals surface area contributed by atoms with E-state index in [1.54, 1.807) is 17.0 Å². The molecule has 1 aromatic heterocycles. The van der Waals surface area contributed by atoms with Gasteiger partial charge in [0.15, 0.2) is 0 Å². The molecule has 21 heavy (non-hydrogen) atoms. The maximum atomic E-state index is 12.7. The van der Waals surface area contributed by atoms with Crippen molar-refractivity contribution in [2.45, 2.75) is 45.2 Å². The van der Waals surface area contributed by atoms with Gasteiger partial charge in [-0.25, -0.2) is 8.78 Å². The number of nitrogens with zero attached hydrogens (tertiary/aromatic N) is 2. The van der Waals surface area contributed by atoms with Crippen molar-refractivity contribution in [3.63, 3.8) is 0 Å². The Morgan fingerprint density at radius 3 is 2.90 bits per heavy atom. The van der Waals surface area contributed by atoms with Crippen LogP contribution < -0.4 is 5.73 Å². The summed E-state index contributed by atoms with van der Waals surface area (Å²) in [6, 6.07) is 3.38. The molecule has 2 N–H and O–H groups in total. The predicted octanol–water partition coefficient (Wildman–Crippen LogP) is 2.34. The van der Waals surface area contributed by atoms with Crippen LogP contribution in [0.3, 0.4) is 0 Å². The number of amides is 1. The highest BCUT2D eigenvalue weighted by molar-refractivity contribution is 5.93. The molecule has 1 fully saturated rings. The third-order valence-electron chi connectivity index (χ3n) is 4.31.